The van der Waals surface area contributed by atoms with Crippen LogP contribution in [0.25, 0.3) is 0 Å². The van der Waals surface area contributed by atoms with Gasteiger partial charge in [0.15, 0.2) is 0 Å². The molecule has 0 bridgehead atoms. The van der Waals surface area contributed by atoms with Crippen LogP contribution >= 0.6 is 0 Å². The second kappa shape index (κ2) is 6.82. The van der Waals surface area contributed by atoms with Gasteiger partial charge in [-0.05, 0) is 63.6 Å². The lowest BCUT2D eigenvalue weighted by Gasteiger charge is -2.40. The SMILES string of the molecule is CCC1(CC)c2cc(NC(C)(C)C)c([N+](=O)[O-])cc2C(CC)(CC)N1[O]. The van der Waals surface area contributed by atoms with Gasteiger partial charge in [0.2, 0.25) is 0 Å². The zero-order valence-corrected chi connectivity index (χ0v) is 17.1. The van der Waals surface area contributed by atoms with Crippen LogP contribution < -0.4 is 5.32 Å². The molecule has 0 aliphatic carbocycles. The van der Waals surface area contributed by atoms with Crippen molar-refractivity contribution in [2.24, 2.45) is 0 Å². The van der Waals surface area contributed by atoms with E-state index in [0.29, 0.717) is 31.4 Å². The number of nitro groups is 1. The Balaban J connectivity index is 2.85. The molecule has 145 valence electrons. The summed E-state index contributed by atoms with van der Waals surface area (Å²) in [5.74, 6) is 0. The number of rotatable bonds is 6. The Morgan fingerprint density at radius 1 is 1.00 bits per heavy atom. The Morgan fingerprint density at radius 2 is 1.42 bits per heavy atom. The number of hydrogen-bond acceptors (Lipinski definition) is 4. The molecule has 0 aromatic heterocycles. The third-order valence-corrected chi connectivity index (χ3v) is 5.96. The summed E-state index contributed by atoms with van der Waals surface area (Å²) >= 11 is 0. The number of hydrogen-bond donors (Lipinski definition) is 1. The number of fused-ring (bicyclic) bond motifs is 1. The van der Waals surface area contributed by atoms with Crippen molar-refractivity contribution in [1.29, 1.82) is 0 Å². The van der Waals surface area contributed by atoms with E-state index < -0.39 is 11.1 Å². The predicted molar refractivity (Wildman–Crippen MR) is 104 cm³/mol. The van der Waals surface area contributed by atoms with E-state index in [2.05, 4.69) is 5.32 Å². The van der Waals surface area contributed by atoms with Gasteiger partial charge < -0.3 is 5.32 Å². The van der Waals surface area contributed by atoms with Gasteiger partial charge in [0, 0.05) is 11.6 Å². The number of nitro benzene ring substituents is 1. The minimum Gasteiger partial charge on any atom is -0.375 e. The second-order valence-corrected chi connectivity index (χ2v) is 8.32. The fourth-order valence-corrected chi connectivity index (χ4v) is 4.48. The average Bonchev–Trinajstić information content (AvgIpc) is 2.77. The highest BCUT2D eigenvalue weighted by Gasteiger charge is 2.57. The van der Waals surface area contributed by atoms with Gasteiger partial charge in [0.25, 0.3) is 5.69 Å². The summed E-state index contributed by atoms with van der Waals surface area (Å²) in [5.41, 5.74) is 0.649. The lowest BCUT2D eigenvalue weighted by molar-refractivity contribution is -0.384. The summed E-state index contributed by atoms with van der Waals surface area (Å²) in [4.78, 5) is 11.4. The summed E-state index contributed by atoms with van der Waals surface area (Å²) in [6.45, 7) is 14.0. The van der Waals surface area contributed by atoms with Crippen LogP contribution in [-0.2, 0) is 16.3 Å². The molecule has 6 heteroatoms. The van der Waals surface area contributed by atoms with Gasteiger partial charge >= 0.3 is 0 Å². The smallest absolute Gasteiger partial charge is 0.292 e. The van der Waals surface area contributed by atoms with Crippen LogP contribution in [0.3, 0.4) is 0 Å². The normalized spacial score (nSPS) is 18.6. The number of anilines is 1. The Kier molecular flexibility index (Phi) is 5.41. The van der Waals surface area contributed by atoms with Crippen molar-refractivity contribution in [2.75, 3.05) is 5.32 Å². The molecule has 1 N–H and O–H groups in total. The highest BCUT2D eigenvalue weighted by molar-refractivity contribution is 5.68. The van der Waals surface area contributed by atoms with Crippen molar-refractivity contribution in [1.82, 2.24) is 5.06 Å². The van der Waals surface area contributed by atoms with Crippen molar-refractivity contribution in [3.63, 3.8) is 0 Å². The first-order valence-corrected chi connectivity index (χ1v) is 9.62. The predicted octanol–water partition coefficient (Wildman–Crippen LogP) is 5.50. The van der Waals surface area contributed by atoms with Crippen LogP contribution in [0.1, 0.15) is 85.3 Å². The summed E-state index contributed by atoms with van der Waals surface area (Å²) < 4.78 is 0. The topological polar surface area (TPSA) is 78.3 Å². The molecule has 26 heavy (non-hydrogen) atoms. The zero-order chi connectivity index (χ0) is 19.9. The van der Waals surface area contributed by atoms with Crippen LogP contribution in [0.4, 0.5) is 11.4 Å². The monoisotopic (exact) mass is 362 g/mol. The van der Waals surface area contributed by atoms with Gasteiger partial charge in [-0.25, -0.2) is 0 Å². The first kappa shape index (κ1) is 20.6. The van der Waals surface area contributed by atoms with Crippen LogP contribution in [0.2, 0.25) is 0 Å². The number of benzene rings is 1. The fourth-order valence-electron chi connectivity index (χ4n) is 4.48. The Labute approximate surface area is 156 Å². The van der Waals surface area contributed by atoms with Gasteiger partial charge in [0.1, 0.15) is 5.69 Å². The largest absolute Gasteiger partial charge is 0.375 e. The zero-order valence-electron chi connectivity index (χ0n) is 17.1. The number of nitrogens with one attached hydrogen (secondary N) is 1. The molecule has 0 fully saturated rings. The van der Waals surface area contributed by atoms with E-state index in [1.54, 1.807) is 6.07 Å². The summed E-state index contributed by atoms with van der Waals surface area (Å²) in [6, 6.07) is 3.51. The molecule has 1 aliphatic heterocycles. The van der Waals surface area contributed by atoms with E-state index in [9.17, 15) is 15.3 Å². The summed E-state index contributed by atoms with van der Waals surface area (Å²) in [7, 11) is 0. The van der Waals surface area contributed by atoms with Gasteiger partial charge in [-0.15, -0.1) is 10.3 Å². The maximum atomic E-state index is 13.5. The molecule has 1 aliphatic rings. The van der Waals surface area contributed by atoms with E-state index in [1.165, 1.54) is 5.06 Å². The number of hydroxylamine groups is 2. The van der Waals surface area contributed by atoms with E-state index in [1.807, 2.05) is 54.5 Å². The van der Waals surface area contributed by atoms with Crippen LogP contribution in [-0.4, -0.2) is 15.5 Å². The Morgan fingerprint density at radius 3 is 1.77 bits per heavy atom. The molecule has 1 heterocycles. The van der Waals surface area contributed by atoms with Gasteiger partial charge in [0.05, 0.1) is 16.0 Å². The van der Waals surface area contributed by atoms with E-state index >= 15 is 0 Å². The number of nitrogens with zero attached hydrogens (tertiary/aromatic N) is 2. The van der Waals surface area contributed by atoms with Crippen molar-refractivity contribution < 1.29 is 10.1 Å². The van der Waals surface area contributed by atoms with Gasteiger partial charge in [-0.2, -0.15) is 0 Å². The molecular formula is C20H32N3O3. The molecule has 0 unspecified atom stereocenters. The van der Waals surface area contributed by atoms with Crippen molar-refractivity contribution >= 4 is 11.4 Å². The molecule has 0 atom stereocenters. The van der Waals surface area contributed by atoms with Crippen LogP contribution in [0.15, 0.2) is 12.1 Å². The van der Waals surface area contributed by atoms with E-state index in [-0.39, 0.29) is 16.1 Å². The minimum atomic E-state index is -0.702. The molecule has 0 amide bonds. The maximum absolute atomic E-state index is 13.5. The molecular weight excluding hydrogens is 330 g/mol. The maximum Gasteiger partial charge on any atom is 0.292 e. The fraction of sp³-hybridized carbons (Fsp3) is 0.700. The summed E-state index contributed by atoms with van der Waals surface area (Å²) in [6.07, 6.45) is 2.61. The third-order valence-electron chi connectivity index (χ3n) is 5.96. The second-order valence-electron chi connectivity index (χ2n) is 8.32. The van der Waals surface area contributed by atoms with E-state index in [4.69, 9.17) is 0 Å². The van der Waals surface area contributed by atoms with Crippen molar-refractivity contribution in [3.8, 4) is 0 Å². The molecule has 1 aromatic rings. The molecule has 0 spiro atoms. The molecule has 1 radical (unpaired) electrons. The quantitative estimate of drug-likeness (QED) is 0.535. The Hall–Kier alpha value is -1.66. The standard InChI is InChI=1S/C20H32N3O3/c1-8-19(9-2)14-12-16(21-18(5,6)7)17(22(24)25)13-15(14)20(10-3,11-4)23(19)26/h12-13,21H,8-11H2,1-7H3. The molecule has 1 aromatic carbocycles. The summed E-state index contributed by atoms with van der Waals surface area (Å²) in [5, 5.41) is 29.8. The van der Waals surface area contributed by atoms with Crippen molar-refractivity contribution in [2.45, 2.75) is 90.8 Å². The van der Waals surface area contributed by atoms with E-state index in [0.717, 1.165) is 11.1 Å². The highest BCUT2D eigenvalue weighted by atomic mass is 16.6. The average molecular weight is 362 g/mol. The highest BCUT2D eigenvalue weighted by Crippen LogP contribution is 2.57. The third kappa shape index (κ3) is 2.89. The lowest BCUT2D eigenvalue weighted by atomic mass is 9.82. The van der Waals surface area contributed by atoms with Gasteiger partial charge in [-0.1, -0.05) is 27.7 Å². The van der Waals surface area contributed by atoms with Crippen molar-refractivity contribution in [3.05, 3.63) is 33.4 Å². The minimum absolute atomic E-state index is 0.0429. The van der Waals surface area contributed by atoms with Crippen LogP contribution in [0.5, 0.6) is 0 Å². The Bertz CT molecular complexity index is 686. The lowest BCUT2D eigenvalue weighted by Crippen LogP contribution is -2.47. The molecule has 6 nitrogen and oxygen atoms in total. The first-order chi connectivity index (χ1) is 12.0. The molecule has 2 rings (SSSR count). The van der Waals surface area contributed by atoms with Crippen LogP contribution in [0, 0.1) is 10.1 Å². The molecule has 0 saturated carbocycles. The van der Waals surface area contributed by atoms with Gasteiger partial charge in [-0.3, -0.25) is 10.1 Å². The molecule has 0 saturated heterocycles. The first-order valence-electron chi connectivity index (χ1n) is 9.62.